The zero-order chi connectivity index (χ0) is 23.3. The van der Waals surface area contributed by atoms with Crippen molar-refractivity contribution in [2.45, 2.75) is 114 Å². The summed E-state index contributed by atoms with van der Waals surface area (Å²) < 4.78 is 36.6. The minimum absolute atomic E-state index is 0. The Morgan fingerprint density at radius 1 is 0.576 bits per heavy atom. The van der Waals surface area contributed by atoms with Crippen molar-refractivity contribution in [3.8, 4) is 0 Å². The fraction of sp³-hybridized carbons (Fsp3) is 0.571. The normalized spacial score (nSPS) is 12.7. The van der Waals surface area contributed by atoms with E-state index in [0.29, 0.717) is 12.8 Å². The Labute approximate surface area is 212 Å². The maximum Gasteiger partial charge on any atom is 0.136 e. The molecule has 0 aliphatic carbocycles. The third-order valence-corrected chi connectivity index (χ3v) is 8.72. The number of benzene rings is 2. The monoisotopic (exact) mass is 518 g/mol. The summed E-state index contributed by atoms with van der Waals surface area (Å²) in [6, 6.07) is 14.3. The predicted octanol–water partition coefficient (Wildman–Crippen LogP) is 8.67. The molecule has 0 aliphatic rings. The SMILES string of the molecule is CCCCCCCCc1ccccc1S(=O)(O)(O)c1ccccc1CCCCCCCC.[Ni]. The topological polar surface area (TPSA) is 57.5 Å². The van der Waals surface area contributed by atoms with Crippen LogP contribution in [-0.4, -0.2) is 13.3 Å². The van der Waals surface area contributed by atoms with Gasteiger partial charge < -0.3 is 9.11 Å². The first-order valence-electron chi connectivity index (χ1n) is 12.7. The van der Waals surface area contributed by atoms with E-state index in [1.807, 2.05) is 24.3 Å². The van der Waals surface area contributed by atoms with Crippen LogP contribution in [0.2, 0.25) is 0 Å². The molecule has 2 rings (SSSR count). The number of hydrogen-bond acceptors (Lipinski definition) is 1. The first-order chi connectivity index (χ1) is 15.4. The Bertz CT molecular complexity index is 809. The van der Waals surface area contributed by atoms with Crippen molar-refractivity contribution in [1.82, 2.24) is 0 Å². The van der Waals surface area contributed by atoms with E-state index in [-0.39, 0.29) is 26.3 Å². The summed E-state index contributed by atoms with van der Waals surface area (Å²) in [5, 5.41) is 0. The van der Waals surface area contributed by atoms with Gasteiger partial charge >= 0.3 is 0 Å². The van der Waals surface area contributed by atoms with Crippen molar-refractivity contribution in [2.24, 2.45) is 0 Å². The van der Waals surface area contributed by atoms with E-state index in [1.54, 1.807) is 24.3 Å². The van der Waals surface area contributed by atoms with Crippen LogP contribution in [0.5, 0.6) is 0 Å². The smallest absolute Gasteiger partial charge is 0.136 e. The van der Waals surface area contributed by atoms with Gasteiger partial charge in [-0.3, -0.25) is 0 Å². The largest absolute Gasteiger partial charge is 0.301 e. The van der Waals surface area contributed by atoms with Gasteiger partial charge in [-0.15, -0.1) is 0 Å². The van der Waals surface area contributed by atoms with Gasteiger partial charge in [0.1, 0.15) is 9.63 Å². The van der Waals surface area contributed by atoms with Crippen LogP contribution in [0.1, 0.15) is 102 Å². The van der Waals surface area contributed by atoms with E-state index in [4.69, 9.17) is 0 Å². The summed E-state index contributed by atoms with van der Waals surface area (Å²) in [4.78, 5) is 0.349. The van der Waals surface area contributed by atoms with E-state index in [9.17, 15) is 13.3 Å². The van der Waals surface area contributed by atoms with Gasteiger partial charge in [0.2, 0.25) is 0 Å². The Morgan fingerprint density at radius 3 is 1.30 bits per heavy atom. The average molecular weight is 519 g/mol. The Hall–Kier alpha value is -0.996. The van der Waals surface area contributed by atoms with Crippen LogP contribution in [0, 0.1) is 0 Å². The molecule has 0 aromatic heterocycles. The third-order valence-electron chi connectivity index (χ3n) is 6.34. The molecule has 33 heavy (non-hydrogen) atoms. The molecule has 0 saturated carbocycles. The maximum atomic E-state index is 13.9. The number of rotatable bonds is 16. The van der Waals surface area contributed by atoms with Crippen LogP contribution in [0.25, 0.3) is 0 Å². The van der Waals surface area contributed by atoms with Gasteiger partial charge in [0.15, 0.2) is 0 Å². The van der Waals surface area contributed by atoms with E-state index >= 15 is 0 Å². The van der Waals surface area contributed by atoms with E-state index in [1.165, 1.54) is 51.4 Å². The summed E-state index contributed by atoms with van der Waals surface area (Å²) in [7, 11) is -5.15. The van der Waals surface area contributed by atoms with Crippen molar-refractivity contribution in [3.05, 3.63) is 59.7 Å². The first-order valence-corrected chi connectivity index (χ1v) is 14.6. The summed E-state index contributed by atoms with van der Waals surface area (Å²) in [5.74, 6) is 0. The molecule has 2 aromatic rings. The molecule has 0 heterocycles. The molecule has 0 saturated heterocycles. The zero-order valence-electron chi connectivity index (χ0n) is 20.5. The number of unbranched alkanes of at least 4 members (excludes halogenated alkanes) is 10. The van der Waals surface area contributed by atoms with Crippen LogP contribution in [0.15, 0.2) is 58.3 Å². The Kier molecular flexibility index (Phi) is 13.7. The fourth-order valence-corrected chi connectivity index (χ4v) is 6.62. The van der Waals surface area contributed by atoms with Crippen molar-refractivity contribution >= 4 is 9.63 Å². The Balaban J connectivity index is 0.00000544. The van der Waals surface area contributed by atoms with Crippen molar-refractivity contribution in [1.29, 1.82) is 0 Å². The van der Waals surface area contributed by atoms with E-state index in [2.05, 4.69) is 13.8 Å². The van der Waals surface area contributed by atoms with Gasteiger partial charge in [-0.25, -0.2) is 4.21 Å². The van der Waals surface area contributed by atoms with Crippen LogP contribution < -0.4 is 0 Å². The van der Waals surface area contributed by atoms with Crippen molar-refractivity contribution in [3.63, 3.8) is 0 Å². The predicted molar refractivity (Wildman–Crippen MR) is 137 cm³/mol. The second kappa shape index (κ2) is 15.1. The molecule has 0 radical (unpaired) electrons. The van der Waals surface area contributed by atoms with E-state index in [0.717, 1.165) is 36.8 Å². The Morgan fingerprint density at radius 2 is 0.909 bits per heavy atom. The standard InChI is InChI=1S/C28H44O3S.Ni/c1-3-5-7-9-11-13-19-25-21-15-17-23-27(25)32(29,30,31)28-24-18-16-22-26(28)20-14-12-10-8-6-4-2;/h15-18,21-24H,3-14,19-20H2,1-2H3,(H2,29,30,31);. The molecule has 3 nitrogen and oxygen atoms in total. The van der Waals surface area contributed by atoms with Crippen LogP contribution >= 0.6 is 0 Å². The zero-order valence-corrected chi connectivity index (χ0v) is 22.3. The molecule has 2 aromatic carbocycles. The quantitative estimate of drug-likeness (QED) is 0.172. The number of hydrogen-bond donors (Lipinski definition) is 2. The molecule has 0 amide bonds. The second-order valence-corrected chi connectivity index (χ2v) is 11.7. The molecule has 0 unspecified atom stereocenters. The number of aryl methyl sites for hydroxylation is 2. The van der Waals surface area contributed by atoms with Gasteiger partial charge in [-0.1, -0.05) is 114 Å². The molecule has 2 N–H and O–H groups in total. The molecule has 190 valence electrons. The molecular weight excluding hydrogens is 475 g/mol. The molecular formula is C28H44NiO3S. The van der Waals surface area contributed by atoms with Crippen molar-refractivity contribution in [2.75, 3.05) is 0 Å². The van der Waals surface area contributed by atoms with Gasteiger partial charge in [-0.2, -0.15) is 0 Å². The van der Waals surface area contributed by atoms with E-state index < -0.39 is 9.63 Å². The van der Waals surface area contributed by atoms with Crippen LogP contribution in [0.4, 0.5) is 0 Å². The molecule has 0 bridgehead atoms. The maximum absolute atomic E-state index is 13.9. The van der Waals surface area contributed by atoms with Gasteiger partial charge in [0.25, 0.3) is 0 Å². The summed E-state index contributed by atoms with van der Waals surface area (Å²) in [6.45, 7) is 4.42. The fourth-order valence-electron chi connectivity index (χ4n) is 4.45. The molecule has 0 fully saturated rings. The summed E-state index contributed by atoms with van der Waals surface area (Å²) >= 11 is 0. The second-order valence-electron chi connectivity index (χ2n) is 9.12. The van der Waals surface area contributed by atoms with Crippen LogP contribution in [0.3, 0.4) is 0 Å². The minimum Gasteiger partial charge on any atom is -0.301 e. The van der Waals surface area contributed by atoms with Crippen molar-refractivity contribution < 1.29 is 29.8 Å². The minimum atomic E-state index is -5.15. The third kappa shape index (κ3) is 9.28. The summed E-state index contributed by atoms with van der Waals surface area (Å²) in [5.41, 5.74) is 1.55. The molecule has 0 aliphatic heterocycles. The van der Waals surface area contributed by atoms with Gasteiger partial charge in [-0.05, 0) is 48.9 Å². The van der Waals surface area contributed by atoms with Gasteiger partial charge in [0.05, 0.1) is 9.79 Å². The van der Waals surface area contributed by atoms with Gasteiger partial charge in [0, 0.05) is 16.5 Å². The first kappa shape index (κ1) is 30.0. The molecule has 0 atom stereocenters. The van der Waals surface area contributed by atoms with Crippen LogP contribution in [-0.2, 0) is 39.0 Å². The average Bonchev–Trinajstić information content (AvgIpc) is 2.79. The summed E-state index contributed by atoms with van der Waals surface area (Å²) in [6.07, 6.45) is 15.4. The molecule has 0 spiro atoms. The molecule has 5 heteroatoms.